The summed E-state index contributed by atoms with van der Waals surface area (Å²) in [6, 6.07) is 16.8. The van der Waals surface area contributed by atoms with E-state index in [0.29, 0.717) is 55.7 Å². The highest BCUT2D eigenvalue weighted by atomic mass is 79.9. The lowest BCUT2D eigenvalue weighted by atomic mass is 9.94. The number of rotatable bonds is 9. The van der Waals surface area contributed by atoms with Crippen molar-refractivity contribution in [2.24, 2.45) is 0 Å². The molecule has 0 saturated carbocycles. The molecule has 1 unspecified atom stereocenters. The molecule has 0 bridgehead atoms. The lowest BCUT2D eigenvalue weighted by molar-refractivity contribution is -0.113. The molecule has 4 aromatic rings. The molecule has 1 aliphatic rings. The van der Waals surface area contributed by atoms with Crippen LogP contribution in [-0.2, 0) is 10.5 Å². The average molecular weight is 669 g/mol. The van der Waals surface area contributed by atoms with E-state index in [4.69, 9.17) is 31.2 Å². The number of carbonyl (C=O) groups is 1. The van der Waals surface area contributed by atoms with Crippen LogP contribution in [0.1, 0.15) is 42.1 Å². The molecule has 11 heteroatoms. The number of hydrogen-bond acceptors (Lipinski definition) is 7. The predicted molar refractivity (Wildman–Crippen MR) is 172 cm³/mol. The van der Waals surface area contributed by atoms with Gasteiger partial charge in [0, 0.05) is 22.2 Å². The highest BCUT2D eigenvalue weighted by molar-refractivity contribution is 9.10. The van der Waals surface area contributed by atoms with Gasteiger partial charge in [-0.1, -0.05) is 53.7 Å². The number of hydrogen-bond donors (Lipinski definition) is 2. The zero-order valence-electron chi connectivity index (χ0n) is 23.9. The fourth-order valence-electron chi connectivity index (χ4n) is 4.84. The van der Waals surface area contributed by atoms with E-state index in [2.05, 4.69) is 26.6 Å². The minimum Gasteiger partial charge on any atom is -0.492 e. The molecule has 42 heavy (non-hydrogen) atoms. The van der Waals surface area contributed by atoms with E-state index in [9.17, 15) is 4.79 Å². The van der Waals surface area contributed by atoms with Crippen LogP contribution in [0, 0.1) is 13.8 Å². The Morgan fingerprint density at radius 1 is 1.17 bits per heavy atom. The van der Waals surface area contributed by atoms with Crippen LogP contribution < -0.4 is 20.1 Å². The second-order valence-electron chi connectivity index (χ2n) is 9.78. The normalized spacial score (nSPS) is 14.3. The number of benzene rings is 3. The molecule has 8 nitrogen and oxygen atoms in total. The Hall–Kier alpha value is -3.47. The minimum absolute atomic E-state index is 0.241. The van der Waals surface area contributed by atoms with Crippen molar-refractivity contribution >= 4 is 56.8 Å². The first-order valence-corrected chi connectivity index (χ1v) is 15.6. The molecule has 0 spiro atoms. The van der Waals surface area contributed by atoms with Gasteiger partial charge >= 0.3 is 0 Å². The summed E-state index contributed by atoms with van der Waals surface area (Å²) in [6.07, 6.45) is 0. The standard InChI is InChI=1S/C31H31BrClN5O3S/c1-6-41-25-15-21(14-22(32)28(25)40-5)27-26(29(39)35-24-13-9-10-17(2)18(24)3)19(4)34-30-36-31(37-38(27)30)42-16-20-11-7-8-12-23(20)33/h7-15,27H,6,16H2,1-5H3,(H,35,39)(H,34,36,37). The number of nitrogens with zero attached hydrogens (tertiary/aromatic N) is 3. The van der Waals surface area contributed by atoms with E-state index < -0.39 is 6.04 Å². The predicted octanol–water partition coefficient (Wildman–Crippen LogP) is 7.94. The highest BCUT2D eigenvalue weighted by Crippen LogP contribution is 2.43. The second-order valence-corrected chi connectivity index (χ2v) is 12.0. The lowest BCUT2D eigenvalue weighted by Crippen LogP contribution is -2.31. The van der Waals surface area contributed by atoms with E-state index in [-0.39, 0.29) is 5.91 Å². The van der Waals surface area contributed by atoms with Crippen molar-refractivity contribution < 1.29 is 14.3 Å². The molecule has 0 saturated heterocycles. The molecule has 1 amide bonds. The Balaban J connectivity index is 1.58. The van der Waals surface area contributed by atoms with Crippen molar-refractivity contribution in [1.29, 1.82) is 0 Å². The number of ether oxygens (including phenoxy) is 2. The number of fused-ring (bicyclic) bond motifs is 1. The maximum absolute atomic E-state index is 14.1. The number of halogens is 2. The number of anilines is 2. The highest BCUT2D eigenvalue weighted by Gasteiger charge is 2.35. The van der Waals surface area contributed by atoms with Gasteiger partial charge in [0.05, 0.1) is 23.8 Å². The van der Waals surface area contributed by atoms with Crippen molar-refractivity contribution in [1.82, 2.24) is 14.8 Å². The summed E-state index contributed by atoms with van der Waals surface area (Å²) in [5.41, 5.74) is 5.82. The fourth-order valence-corrected chi connectivity index (χ4v) is 6.57. The number of aromatic nitrogens is 3. The van der Waals surface area contributed by atoms with Crippen LogP contribution in [0.15, 0.2) is 75.5 Å². The van der Waals surface area contributed by atoms with Crippen LogP contribution in [-0.4, -0.2) is 34.4 Å². The van der Waals surface area contributed by atoms with Crippen molar-refractivity contribution in [3.63, 3.8) is 0 Å². The summed E-state index contributed by atoms with van der Waals surface area (Å²) >= 11 is 11.5. The van der Waals surface area contributed by atoms with E-state index in [1.165, 1.54) is 11.8 Å². The number of amides is 1. The zero-order chi connectivity index (χ0) is 30.0. The molecule has 5 rings (SSSR count). The van der Waals surface area contributed by atoms with Crippen LogP contribution in [0.4, 0.5) is 11.6 Å². The maximum Gasteiger partial charge on any atom is 0.255 e. The first-order chi connectivity index (χ1) is 20.2. The fraction of sp³-hybridized carbons (Fsp3) is 0.258. The lowest BCUT2D eigenvalue weighted by Gasteiger charge is -2.29. The van der Waals surface area contributed by atoms with Gasteiger partial charge in [0.1, 0.15) is 6.04 Å². The SMILES string of the molecule is CCOc1cc(C2C(C(=O)Nc3cccc(C)c3C)=C(C)Nc3nc(SCc4ccccc4Cl)nn32)cc(Br)c1OC. The summed E-state index contributed by atoms with van der Waals surface area (Å²) in [7, 11) is 1.60. The van der Waals surface area contributed by atoms with Gasteiger partial charge in [0.25, 0.3) is 5.91 Å². The first kappa shape index (κ1) is 30.0. The summed E-state index contributed by atoms with van der Waals surface area (Å²) in [5.74, 6) is 2.03. The zero-order valence-corrected chi connectivity index (χ0v) is 27.1. The number of methoxy groups -OCH3 is 1. The van der Waals surface area contributed by atoms with Crippen molar-refractivity contribution in [3.05, 3.63) is 97.6 Å². The van der Waals surface area contributed by atoms with Gasteiger partial charge in [-0.3, -0.25) is 4.79 Å². The number of aryl methyl sites for hydroxylation is 1. The number of nitrogens with one attached hydrogen (secondary N) is 2. The van der Waals surface area contributed by atoms with Gasteiger partial charge in [0.15, 0.2) is 11.5 Å². The summed E-state index contributed by atoms with van der Waals surface area (Å²) < 4.78 is 14.0. The smallest absolute Gasteiger partial charge is 0.255 e. The molecule has 1 atom stereocenters. The largest absolute Gasteiger partial charge is 0.492 e. The minimum atomic E-state index is -0.602. The van der Waals surface area contributed by atoms with Gasteiger partial charge in [-0.15, -0.1) is 5.10 Å². The van der Waals surface area contributed by atoms with Crippen molar-refractivity contribution in [2.45, 2.75) is 44.6 Å². The van der Waals surface area contributed by atoms with Gasteiger partial charge in [-0.2, -0.15) is 4.98 Å². The quantitative estimate of drug-likeness (QED) is 0.175. The molecular formula is C31H31BrClN5O3S. The Kier molecular flexibility index (Phi) is 9.15. The van der Waals surface area contributed by atoms with Gasteiger partial charge < -0.3 is 20.1 Å². The Morgan fingerprint density at radius 3 is 2.69 bits per heavy atom. The van der Waals surface area contributed by atoms with Gasteiger partial charge in [0.2, 0.25) is 11.1 Å². The van der Waals surface area contributed by atoms with E-state index >= 15 is 0 Å². The molecule has 1 aromatic heterocycles. The van der Waals surface area contributed by atoms with Gasteiger partial charge in [-0.25, -0.2) is 4.68 Å². The molecule has 1 aliphatic heterocycles. The Morgan fingerprint density at radius 2 is 1.95 bits per heavy atom. The summed E-state index contributed by atoms with van der Waals surface area (Å²) in [5, 5.41) is 12.6. The van der Waals surface area contributed by atoms with Crippen molar-refractivity contribution in [2.75, 3.05) is 24.4 Å². The molecule has 2 heterocycles. The third kappa shape index (κ3) is 6.02. The van der Waals surface area contributed by atoms with Crippen LogP contribution in [0.3, 0.4) is 0 Å². The van der Waals surface area contributed by atoms with Crippen LogP contribution in [0.5, 0.6) is 11.5 Å². The van der Waals surface area contributed by atoms with E-state index in [0.717, 1.165) is 27.9 Å². The van der Waals surface area contributed by atoms with Crippen LogP contribution in [0.2, 0.25) is 5.02 Å². The molecular weight excluding hydrogens is 638 g/mol. The summed E-state index contributed by atoms with van der Waals surface area (Å²) in [4.78, 5) is 18.8. The number of allylic oxidation sites excluding steroid dienone is 1. The first-order valence-electron chi connectivity index (χ1n) is 13.4. The van der Waals surface area contributed by atoms with E-state index in [1.54, 1.807) is 11.8 Å². The molecule has 0 fully saturated rings. The molecule has 218 valence electrons. The van der Waals surface area contributed by atoms with Crippen LogP contribution >= 0.6 is 39.3 Å². The Labute approximate surface area is 263 Å². The number of carbonyl (C=O) groups excluding carboxylic acids is 1. The third-order valence-electron chi connectivity index (χ3n) is 7.10. The van der Waals surface area contributed by atoms with Gasteiger partial charge in [-0.05, 0) is 90.1 Å². The van der Waals surface area contributed by atoms with Crippen molar-refractivity contribution in [3.8, 4) is 11.5 Å². The van der Waals surface area contributed by atoms with E-state index in [1.807, 2.05) is 82.3 Å². The summed E-state index contributed by atoms with van der Waals surface area (Å²) in [6.45, 7) is 8.26. The monoisotopic (exact) mass is 667 g/mol. The topological polar surface area (TPSA) is 90.3 Å². The second kappa shape index (κ2) is 12.8. The average Bonchev–Trinajstić information content (AvgIpc) is 3.36. The molecule has 3 aromatic carbocycles. The maximum atomic E-state index is 14.1. The molecule has 0 aliphatic carbocycles. The Bertz CT molecular complexity index is 1690. The molecule has 2 N–H and O–H groups in total. The molecule has 0 radical (unpaired) electrons. The third-order valence-corrected chi connectivity index (χ3v) is 8.94. The number of thioether (sulfide) groups is 1. The van der Waals surface area contributed by atoms with Crippen LogP contribution in [0.25, 0.3) is 0 Å².